The lowest BCUT2D eigenvalue weighted by Gasteiger charge is -2.34. The highest BCUT2D eigenvalue weighted by Crippen LogP contribution is 2.24. The van der Waals surface area contributed by atoms with Crippen LogP contribution >= 0.6 is 0 Å². The van der Waals surface area contributed by atoms with E-state index in [1.54, 1.807) is 0 Å². The van der Waals surface area contributed by atoms with Crippen molar-refractivity contribution in [3.05, 3.63) is 0 Å². The predicted octanol–water partition coefficient (Wildman–Crippen LogP) is 2.60. The van der Waals surface area contributed by atoms with Crippen LogP contribution in [0.5, 0.6) is 0 Å². The van der Waals surface area contributed by atoms with Gasteiger partial charge < -0.3 is 15.3 Å². The number of urea groups is 1. The number of aliphatic carboxylic acids is 1. The number of nitrogens with one attached hydrogen (secondary N) is 1. The molecule has 5 nitrogen and oxygen atoms in total. The monoisotopic (exact) mass is 270 g/mol. The average molecular weight is 270 g/mol. The molecular formula is C14H26N2O3. The average Bonchev–Trinajstić information content (AvgIpc) is 2.89. The summed E-state index contributed by atoms with van der Waals surface area (Å²) in [5.41, 5.74) is -0.257. The first-order valence-corrected chi connectivity index (χ1v) is 7.22. The molecule has 0 aliphatic heterocycles. The maximum Gasteiger partial charge on any atom is 0.323 e. The number of carbonyl (C=O) groups excluding carboxylic acids is 1. The summed E-state index contributed by atoms with van der Waals surface area (Å²) in [5, 5.41) is 12.0. The van der Waals surface area contributed by atoms with E-state index in [9.17, 15) is 9.59 Å². The normalized spacial score (nSPS) is 16.4. The molecule has 0 unspecified atom stereocenters. The summed E-state index contributed by atoms with van der Waals surface area (Å²) < 4.78 is 0. The minimum absolute atomic E-state index is 0.0778. The van der Waals surface area contributed by atoms with Crippen molar-refractivity contribution in [2.24, 2.45) is 0 Å². The SMILES string of the molecule is CCC(C)(CC)NC(=O)N(CC(=O)O)C1CCCC1. The first-order valence-electron chi connectivity index (χ1n) is 7.22. The molecule has 5 heteroatoms. The number of nitrogens with zero attached hydrogens (tertiary/aromatic N) is 1. The second-order valence-electron chi connectivity index (χ2n) is 5.66. The smallest absolute Gasteiger partial charge is 0.323 e. The minimum atomic E-state index is -0.947. The number of carboxylic acid groups (broad SMARTS) is 1. The largest absolute Gasteiger partial charge is 0.480 e. The number of hydrogen-bond acceptors (Lipinski definition) is 2. The third kappa shape index (κ3) is 4.40. The lowest BCUT2D eigenvalue weighted by Crippen LogP contribution is -2.54. The van der Waals surface area contributed by atoms with Gasteiger partial charge in [0.2, 0.25) is 0 Å². The maximum atomic E-state index is 12.4. The molecule has 1 aliphatic rings. The minimum Gasteiger partial charge on any atom is -0.480 e. The fourth-order valence-electron chi connectivity index (χ4n) is 2.49. The van der Waals surface area contributed by atoms with Gasteiger partial charge in [-0.3, -0.25) is 4.79 Å². The summed E-state index contributed by atoms with van der Waals surface area (Å²) in [6.45, 7) is 5.85. The van der Waals surface area contributed by atoms with Crippen LogP contribution < -0.4 is 5.32 Å². The Morgan fingerprint density at radius 1 is 1.26 bits per heavy atom. The second kappa shape index (κ2) is 6.78. The number of carboxylic acids is 1. The van der Waals surface area contributed by atoms with Crippen LogP contribution in [0.15, 0.2) is 0 Å². The van der Waals surface area contributed by atoms with Gasteiger partial charge in [-0.2, -0.15) is 0 Å². The molecule has 1 saturated carbocycles. The molecule has 2 N–H and O–H groups in total. The number of hydrogen-bond donors (Lipinski definition) is 2. The number of carbonyl (C=O) groups is 2. The van der Waals surface area contributed by atoms with Crippen molar-refractivity contribution in [2.45, 2.75) is 70.9 Å². The quantitative estimate of drug-likeness (QED) is 0.779. The van der Waals surface area contributed by atoms with Crippen LogP contribution in [0.3, 0.4) is 0 Å². The van der Waals surface area contributed by atoms with Crippen LogP contribution in [0, 0.1) is 0 Å². The Morgan fingerprint density at radius 3 is 2.21 bits per heavy atom. The molecule has 0 radical (unpaired) electrons. The van der Waals surface area contributed by atoms with Crippen LogP contribution in [0.25, 0.3) is 0 Å². The molecule has 0 aromatic heterocycles. The maximum absolute atomic E-state index is 12.4. The van der Waals surface area contributed by atoms with Gasteiger partial charge in [0.1, 0.15) is 6.54 Å². The van der Waals surface area contributed by atoms with E-state index in [4.69, 9.17) is 5.11 Å². The Balaban J connectivity index is 2.73. The van der Waals surface area contributed by atoms with Gasteiger partial charge >= 0.3 is 12.0 Å². The summed E-state index contributed by atoms with van der Waals surface area (Å²) in [5.74, 6) is -0.947. The van der Waals surface area contributed by atoms with Crippen LogP contribution in [0.1, 0.15) is 59.3 Å². The fourth-order valence-corrected chi connectivity index (χ4v) is 2.49. The van der Waals surface area contributed by atoms with E-state index < -0.39 is 5.97 Å². The zero-order chi connectivity index (χ0) is 14.5. The van der Waals surface area contributed by atoms with E-state index in [0.29, 0.717) is 0 Å². The summed E-state index contributed by atoms with van der Waals surface area (Å²) >= 11 is 0. The molecule has 1 aliphatic carbocycles. The van der Waals surface area contributed by atoms with Gasteiger partial charge in [-0.15, -0.1) is 0 Å². The van der Waals surface area contributed by atoms with Crippen molar-refractivity contribution < 1.29 is 14.7 Å². The molecular weight excluding hydrogens is 244 g/mol. The Labute approximate surface area is 115 Å². The van der Waals surface area contributed by atoms with Gasteiger partial charge in [-0.1, -0.05) is 26.7 Å². The molecule has 0 saturated heterocycles. The van der Waals surface area contributed by atoms with Gasteiger partial charge in [0.15, 0.2) is 0 Å². The third-order valence-electron chi connectivity index (χ3n) is 4.30. The highest BCUT2D eigenvalue weighted by atomic mass is 16.4. The fraction of sp³-hybridized carbons (Fsp3) is 0.857. The molecule has 0 atom stereocenters. The topological polar surface area (TPSA) is 69.6 Å². The van der Waals surface area contributed by atoms with Crippen molar-refractivity contribution in [1.82, 2.24) is 10.2 Å². The zero-order valence-corrected chi connectivity index (χ0v) is 12.2. The molecule has 2 amide bonds. The number of rotatable bonds is 6. The van der Waals surface area contributed by atoms with Gasteiger partial charge in [-0.05, 0) is 32.6 Å². The molecule has 1 rings (SSSR count). The molecule has 0 aromatic carbocycles. The van der Waals surface area contributed by atoms with E-state index in [1.807, 2.05) is 20.8 Å². The van der Waals surface area contributed by atoms with Gasteiger partial charge in [0, 0.05) is 11.6 Å². The van der Waals surface area contributed by atoms with Crippen LogP contribution in [-0.2, 0) is 4.79 Å². The highest BCUT2D eigenvalue weighted by molar-refractivity contribution is 5.81. The molecule has 1 fully saturated rings. The van der Waals surface area contributed by atoms with Gasteiger partial charge in [0.25, 0.3) is 0 Å². The van der Waals surface area contributed by atoms with Crippen molar-refractivity contribution in [2.75, 3.05) is 6.54 Å². The van der Waals surface area contributed by atoms with Crippen LogP contribution in [-0.4, -0.2) is 40.1 Å². The Bertz CT molecular complexity index is 321. The van der Waals surface area contributed by atoms with Crippen molar-refractivity contribution in [3.8, 4) is 0 Å². The Morgan fingerprint density at radius 2 is 1.79 bits per heavy atom. The summed E-state index contributed by atoms with van der Waals surface area (Å²) in [6, 6.07) is -0.158. The molecule has 0 aromatic rings. The standard InChI is InChI=1S/C14H26N2O3/c1-4-14(3,5-2)15-13(19)16(10-12(17)18)11-8-6-7-9-11/h11H,4-10H2,1-3H3,(H,15,19)(H,17,18). The molecule has 0 bridgehead atoms. The summed E-state index contributed by atoms with van der Waals surface area (Å²) in [7, 11) is 0. The molecule has 110 valence electrons. The predicted molar refractivity (Wildman–Crippen MR) is 74.1 cm³/mol. The summed E-state index contributed by atoms with van der Waals surface area (Å²) in [4.78, 5) is 24.8. The summed E-state index contributed by atoms with van der Waals surface area (Å²) in [6.07, 6.45) is 5.65. The van der Waals surface area contributed by atoms with E-state index in [-0.39, 0.29) is 24.2 Å². The first kappa shape index (κ1) is 15.8. The van der Waals surface area contributed by atoms with Gasteiger partial charge in [-0.25, -0.2) is 4.79 Å². The van der Waals surface area contributed by atoms with E-state index >= 15 is 0 Å². The lowest BCUT2D eigenvalue weighted by molar-refractivity contribution is -0.138. The van der Waals surface area contributed by atoms with Crippen molar-refractivity contribution in [1.29, 1.82) is 0 Å². The van der Waals surface area contributed by atoms with Crippen LogP contribution in [0.2, 0.25) is 0 Å². The van der Waals surface area contributed by atoms with E-state index in [0.717, 1.165) is 38.5 Å². The Kier molecular flexibility index (Phi) is 5.63. The molecule has 0 spiro atoms. The van der Waals surface area contributed by atoms with E-state index in [2.05, 4.69) is 5.32 Å². The first-order chi connectivity index (χ1) is 8.91. The van der Waals surface area contributed by atoms with Crippen molar-refractivity contribution in [3.63, 3.8) is 0 Å². The molecule has 0 heterocycles. The van der Waals surface area contributed by atoms with Crippen molar-refractivity contribution >= 4 is 12.0 Å². The zero-order valence-electron chi connectivity index (χ0n) is 12.2. The highest BCUT2D eigenvalue weighted by Gasteiger charge is 2.31. The molecule has 19 heavy (non-hydrogen) atoms. The van der Waals surface area contributed by atoms with Gasteiger partial charge in [0.05, 0.1) is 0 Å². The van der Waals surface area contributed by atoms with E-state index in [1.165, 1.54) is 4.90 Å². The third-order valence-corrected chi connectivity index (χ3v) is 4.30. The van der Waals surface area contributed by atoms with Crippen LogP contribution in [0.4, 0.5) is 4.79 Å². The second-order valence-corrected chi connectivity index (χ2v) is 5.66. The lowest BCUT2D eigenvalue weighted by atomic mass is 9.96. The number of amides is 2. The Hall–Kier alpha value is -1.26.